The fourth-order valence-electron chi connectivity index (χ4n) is 6.37. The smallest absolute Gasteiger partial charge is 0.457 e. The summed E-state index contributed by atoms with van der Waals surface area (Å²) in [4.78, 5) is 22.5. The van der Waals surface area contributed by atoms with Crippen molar-refractivity contribution >= 4 is 13.8 Å². The molecule has 0 aromatic carbocycles. The third-order valence-corrected chi connectivity index (χ3v) is 10.8. The van der Waals surface area contributed by atoms with E-state index in [9.17, 15) is 14.3 Å². The Hall–Kier alpha value is -1.28. The summed E-state index contributed by atoms with van der Waals surface area (Å²) < 4.78 is 33.5. The maximum atomic E-state index is 12.6. The van der Waals surface area contributed by atoms with Crippen molar-refractivity contribution in [3.05, 3.63) is 36.5 Å². The highest BCUT2D eigenvalue weighted by Crippen LogP contribution is 2.43. The first kappa shape index (κ1) is 53.7. The van der Waals surface area contributed by atoms with Crippen LogP contribution in [0.3, 0.4) is 0 Å². The molecule has 0 aromatic heterocycles. The summed E-state index contributed by atoms with van der Waals surface area (Å²) in [7, 11) is -4.28. The molecule has 0 rings (SSSR count). The number of phosphoric ester groups is 1. The molecule has 0 aromatic rings. The Morgan fingerprint density at radius 2 is 0.964 bits per heavy atom. The Balaban J connectivity index is 4.01. The number of nitrogens with two attached hydrogens (primary N) is 1. The van der Waals surface area contributed by atoms with E-state index in [0.717, 1.165) is 44.9 Å². The Bertz CT molecular complexity index is 941. The first-order chi connectivity index (χ1) is 26.9. The lowest BCUT2D eigenvalue weighted by atomic mass is 10.1. The van der Waals surface area contributed by atoms with Gasteiger partial charge >= 0.3 is 13.8 Å². The second-order valence-corrected chi connectivity index (χ2v) is 16.7. The molecule has 0 aliphatic carbocycles. The number of carbonyl (C=O) groups excluding carboxylic acids is 1. The molecule has 324 valence electrons. The third kappa shape index (κ3) is 43.7. The number of phosphoric acid groups is 1. The summed E-state index contributed by atoms with van der Waals surface area (Å²) in [5.74, 6) is -0.338. The topological polar surface area (TPSA) is 117 Å². The molecule has 0 aliphatic heterocycles. The molecule has 9 heteroatoms. The number of esters is 1. The van der Waals surface area contributed by atoms with Crippen molar-refractivity contribution in [2.45, 2.75) is 219 Å². The van der Waals surface area contributed by atoms with Gasteiger partial charge in [-0.15, -0.1) is 0 Å². The number of allylic oxidation sites excluding steroid dienone is 6. The van der Waals surface area contributed by atoms with Crippen molar-refractivity contribution in [3.8, 4) is 0 Å². The fraction of sp³-hybridized carbons (Fsp3) is 0.848. The number of rotatable bonds is 44. The van der Waals surface area contributed by atoms with E-state index in [1.54, 1.807) is 0 Å². The molecule has 0 bridgehead atoms. The van der Waals surface area contributed by atoms with E-state index in [0.29, 0.717) is 13.0 Å². The highest BCUT2D eigenvalue weighted by atomic mass is 31.2. The highest BCUT2D eigenvalue weighted by Gasteiger charge is 2.25. The Kier molecular flexibility index (Phi) is 42.8. The Labute approximate surface area is 339 Å². The number of unbranched alkanes of at least 4 members (excludes halogenated alkanes) is 25. The minimum absolute atomic E-state index is 0.0976. The van der Waals surface area contributed by atoms with E-state index in [1.165, 1.54) is 148 Å². The number of ether oxygens (including phenoxy) is 2. The van der Waals surface area contributed by atoms with Gasteiger partial charge in [0.15, 0.2) is 0 Å². The lowest BCUT2D eigenvalue weighted by Gasteiger charge is -2.20. The lowest BCUT2D eigenvalue weighted by molar-refractivity contribution is -0.154. The van der Waals surface area contributed by atoms with Gasteiger partial charge in [-0.2, -0.15) is 0 Å². The van der Waals surface area contributed by atoms with Gasteiger partial charge in [0.2, 0.25) is 0 Å². The monoisotopic (exact) mass is 798 g/mol. The predicted octanol–water partition coefficient (Wildman–Crippen LogP) is 13.8. The molecular formula is C46H88NO7P. The van der Waals surface area contributed by atoms with Crippen LogP contribution in [-0.2, 0) is 27.9 Å². The zero-order chi connectivity index (χ0) is 40.2. The molecule has 2 atom stereocenters. The summed E-state index contributed by atoms with van der Waals surface area (Å²) in [5.41, 5.74) is 5.37. The third-order valence-electron chi connectivity index (χ3n) is 9.78. The number of carbonyl (C=O) groups is 1. The van der Waals surface area contributed by atoms with Crippen LogP contribution in [0.4, 0.5) is 0 Å². The molecule has 0 radical (unpaired) electrons. The molecule has 0 saturated carbocycles. The first-order valence-electron chi connectivity index (χ1n) is 23.0. The maximum absolute atomic E-state index is 12.6. The van der Waals surface area contributed by atoms with Crippen molar-refractivity contribution < 1.29 is 32.8 Å². The maximum Gasteiger partial charge on any atom is 0.472 e. The van der Waals surface area contributed by atoms with Crippen molar-refractivity contribution in [1.29, 1.82) is 0 Å². The highest BCUT2D eigenvalue weighted by molar-refractivity contribution is 7.47. The molecule has 0 aliphatic rings. The molecular weight excluding hydrogens is 709 g/mol. The second kappa shape index (κ2) is 43.8. The first-order valence-corrected chi connectivity index (χ1v) is 24.5. The molecule has 0 saturated heterocycles. The van der Waals surface area contributed by atoms with Crippen LogP contribution >= 0.6 is 7.82 Å². The summed E-state index contributed by atoms with van der Waals surface area (Å²) in [6, 6.07) is 0. The van der Waals surface area contributed by atoms with E-state index in [1.807, 2.05) is 0 Å². The van der Waals surface area contributed by atoms with Gasteiger partial charge in [0.25, 0.3) is 0 Å². The van der Waals surface area contributed by atoms with Crippen molar-refractivity contribution in [3.63, 3.8) is 0 Å². The average Bonchev–Trinajstić information content (AvgIpc) is 3.17. The number of hydrogen-bond donors (Lipinski definition) is 2. The normalized spacial score (nSPS) is 13.7. The fourth-order valence-corrected chi connectivity index (χ4v) is 7.14. The van der Waals surface area contributed by atoms with Gasteiger partial charge in [0, 0.05) is 19.6 Å². The second-order valence-electron chi connectivity index (χ2n) is 15.3. The summed E-state index contributed by atoms with van der Waals surface area (Å²) in [5, 5.41) is 0. The van der Waals surface area contributed by atoms with E-state index in [-0.39, 0.29) is 32.3 Å². The minimum Gasteiger partial charge on any atom is -0.457 e. The van der Waals surface area contributed by atoms with Crippen molar-refractivity contribution in [2.75, 3.05) is 33.0 Å². The van der Waals surface area contributed by atoms with Gasteiger partial charge in [-0.1, -0.05) is 172 Å². The van der Waals surface area contributed by atoms with Gasteiger partial charge in [0.1, 0.15) is 6.10 Å². The van der Waals surface area contributed by atoms with Crippen LogP contribution in [-0.4, -0.2) is 49.9 Å². The molecule has 55 heavy (non-hydrogen) atoms. The van der Waals surface area contributed by atoms with Gasteiger partial charge in [0.05, 0.1) is 19.8 Å². The lowest BCUT2D eigenvalue weighted by Crippen LogP contribution is -2.28. The van der Waals surface area contributed by atoms with Crippen LogP contribution in [0.5, 0.6) is 0 Å². The van der Waals surface area contributed by atoms with E-state index in [2.05, 4.69) is 50.3 Å². The van der Waals surface area contributed by atoms with Crippen LogP contribution in [0.1, 0.15) is 213 Å². The van der Waals surface area contributed by atoms with Crippen molar-refractivity contribution in [1.82, 2.24) is 0 Å². The van der Waals surface area contributed by atoms with Crippen LogP contribution in [0.2, 0.25) is 0 Å². The van der Waals surface area contributed by atoms with E-state index < -0.39 is 13.9 Å². The van der Waals surface area contributed by atoms with Gasteiger partial charge in [-0.05, 0) is 70.6 Å². The zero-order valence-corrected chi connectivity index (χ0v) is 36.8. The average molecular weight is 798 g/mol. The van der Waals surface area contributed by atoms with Gasteiger partial charge < -0.3 is 20.1 Å². The molecule has 0 heterocycles. The van der Waals surface area contributed by atoms with Gasteiger partial charge in [-0.3, -0.25) is 13.8 Å². The molecule has 2 unspecified atom stereocenters. The number of hydrogen-bond acceptors (Lipinski definition) is 7. The minimum atomic E-state index is -4.28. The summed E-state index contributed by atoms with van der Waals surface area (Å²) in [6.07, 6.45) is 50.2. The summed E-state index contributed by atoms with van der Waals surface area (Å²) >= 11 is 0. The molecule has 3 N–H and O–H groups in total. The van der Waals surface area contributed by atoms with Crippen molar-refractivity contribution in [2.24, 2.45) is 5.73 Å². The molecule has 0 spiro atoms. The molecule has 8 nitrogen and oxygen atoms in total. The largest absolute Gasteiger partial charge is 0.472 e. The molecule has 0 fully saturated rings. The van der Waals surface area contributed by atoms with E-state index in [4.69, 9.17) is 24.3 Å². The molecule has 0 amide bonds. The Morgan fingerprint density at radius 1 is 0.545 bits per heavy atom. The van der Waals surface area contributed by atoms with Crippen LogP contribution in [0.15, 0.2) is 36.5 Å². The zero-order valence-electron chi connectivity index (χ0n) is 35.9. The van der Waals surface area contributed by atoms with E-state index >= 15 is 0 Å². The van der Waals surface area contributed by atoms with Crippen LogP contribution in [0.25, 0.3) is 0 Å². The predicted molar refractivity (Wildman–Crippen MR) is 233 cm³/mol. The Morgan fingerprint density at radius 3 is 1.45 bits per heavy atom. The summed E-state index contributed by atoms with van der Waals surface area (Å²) in [6.45, 7) is 4.91. The van der Waals surface area contributed by atoms with Crippen LogP contribution < -0.4 is 5.73 Å². The standard InChI is InChI=1S/C46H88NO7P/c1-3-5-7-9-11-13-15-17-19-21-23-25-27-29-31-33-35-37-39-46(48)54-45(44-53-55(49,50)52-42-40-47)43-51-41-38-36-34-32-30-28-26-24-22-20-18-16-14-12-10-8-6-4-2/h13,15,18-21,45H,3-12,14,16-17,22-44,47H2,1-2H3,(H,49,50)/b15-13-,20-18-,21-19-. The van der Waals surface area contributed by atoms with Crippen LogP contribution in [0, 0.1) is 0 Å². The SMILES string of the molecule is CCCCCC/C=C\C/C=C\CCCCCCCCCC(=O)OC(COCCCCCCCCCC/C=C\CCCCCCCC)COP(=O)(O)OCCN. The quantitative estimate of drug-likeness (QED) is 0.0271. The van der Waals surface area contributed by atoms with Gasteiger partial charge in [-0.25, -0.2) is 4.57 Å².